The Kier molecular flexibility index (Phi) is 3.86. The zero-order valence-electron chi connectivity index (χ0n) is 12.9. The summed E-state index contributed by atoms with van der Waals surface area (Å²) in [5.41, 5.74) is 7.20. The molecule has 7 nitrogen and oxygen atoms in total. The lowest BCUT2D eigenvalue weighted by molar-refractivity contribution is 0.171. The lowest BCUT2D eigenvalue weighted by Gasteiger charge is -2.33. The number of piperidine rings is 1. The predicted octanol–water partition coefficient (Wildman–Crippen LogP) is 2.64. The van der Waals surface area contributed by atoms with Crippen LogP contribution in [-0.4, -0.2) is 39.1 Å². The SMILES string of the molecule is Nc1nc(N2CCC(Oc3ccccc3Cl)CC2)c2[nH]cnc2n1. The summed E-state index contributed by atoms with van der Waals surface area (Å²) in [6.45, 7) is 1.64. The van der Waals surface area contributed by atoms with E-state index in [1.54, 1.807) is 6.33 Å². The highest BCUT2D eigenvalue weighted by Crippen LogP contribution is 2.29. The topological polar surface area (TPSA) is 92.9 Å². The number of halogens is 1. The second-order valence-electron chi connectivity index (χ2n) is 5.74. The predicted molar refractivity (Wildman–Crippen MR) is 93.4 cm³/mol. The van der Waals surface area contributed by atoms with Gasteiger partial charge in [-0.25, -0.2) is 4.98 Å². The number of nitrogens with zero attached hydrogens (tertiary/aromatic N) is 4. The van der Waals surface area contributed by atoms with Crippen LogP contribution in [0.3, 0.4) is 0 Å². The molecule has 3 aromatic rings. The molecule has 1 saturated heterocycles. The fourth-order valence-electron chi connectivity index (χ4n) is 2.97. The van der Waals surface area contributed by atoms with Gasteiger partial charge in [0.1, 0.15) is 17.4 Å². The van der Waals surface area contributed by atoms with E-state index in [0.29, 0.717) is 10.7 Å². The molecule has 24 heavy (non-hydrogen) atoms. The number of para-hydroxylation sites is 1. The minimum atomic E-state index is 0.137. The molecular formula is C16H17ClN6O. The zero-order chi connectivity index (χ0) is 16.5. The number of fused-ring (bicyclic) bond motifs is 1. The molecular weight excluding hydrogens is 328 g/mol. The zero-order valence-corrected chi connectivity index (χ0v) is 13.7. The first-order chi connectivity index (χ1) is 11.7. The smallest absolute Gasteiger partial charge is 0.224 e. The van der Waals surface area contributed by atoms with E-state index in [-0.39, 0.29) is 12.1 Å². The number of hydrogen-bond donors (Lipinski definition) is 2. The first-order valence-electron chi connectivity index (χ1n) is 7.83. The van der Waals surface area contributed by atoms with E-state index in [1.165, 1.54) is 0 Å². The van der Waals surface area contributed by atoms with Gasteiger partial charge in [0, 0.05) is 25.9 Å². The Balaban J connectivity index is 1.48. The maximum Gasteiger partial charge on any atom is 0.224 e. The summed E-state index contributed by atoms with van der Waals surface area (Å²) in [5, 5.41) is 0.641. The van der Waals surface area contributed by atoms with Crippen molar-refractivity contribution in [2.45, 2.75) is 18.9 Å². The van der Waals surface area contributed by atoms with Gasteiger partial charge in [-0.15, -0.1) is 0 Å². The van der Waals surface area contributed by atoms with Crippen LogP contribution in [0, 0.1) is 0 Å². The molecule has 1 fully saturated rings. The molecule has 1 aromatic carbocycles. The monoisotopic (exact) mass is 344 g/mol. The molecule has 8 heteroatoms. The van der Waals surface area contributed by atoms with Crippen molar-refractivity contribution in [3.05, 3.63) is 35.6 Å². The largest absolute Gasteiger partial charge is 0.489 e. The Morgan fingerprint density at radius 1 is 1.21 bits per heavy atom. The van der Waals surface area contributed by atoms with Gasteiger partial charge in [0.2, 0.25) is 5.95 Å². The van der Waals surface area contributed by atoms with Crippen LogP contribution in [-0.2, 0) is 0 Å². The summed E-state index contributed by atoms with van der Waals surface area (Å²) >= 11 is 6.16. The fraction of sp³-hybridized carbons (Fsp3) is 0.312. The van der Waals surface area contributed by atoms with Crippen molar-refractivity contribution < 1.29 is 4.74 Å². The number of rotatable bonds is 3. The highest BCUT2D eigenvalue weighted by atomic mass is 35.5. The van der Waals surface area contributed by atoms with E-state index in [4.69, 9.17) is 22.1 Å². The van der Waals surface area contributed by atoms with E-state index in [0.717, 1.165) is 43.0 Å². The van der Waals surface area contributed by atoms with Gasteiger partial charge >= 0.3 is 0 Å². The third-order valence-electron chi connectivity index (χ3n) is 4.16. The Hall–Kier alpha value is -2.54. The van der Waals surface area contributed by atoms with Gasteiger partial charge in [-0.05, 0) is 12.1 Å². The summed E-state index contributed by atoms with van der Waals surface area (Å²) in [6.07, 6.45) is 3.50. The molecule has 0 bridgehead atoms. The number of nitrogen functional groups attached to an aromatic ring is 1. The van der Waals surface area contributed by atoms with Crippen LogP contribution in [0.1, 0.15) is 12.8 Å². The van der Waals surface area contributed by atoms with Crippen molar-refractivity contribution in [2.24, 2.45) is 0 Å². The number of anilines is 2. The molecule has 124 valence electrons. The van der Waals surface area contributed by atoms with Crippen molar-refractivity contribution in [3.8, 4) is 5.75 Å². The maximum absolute atomic E-state index is 6.16. The van der Waals surface area contributed by atoms with Gasteiger partial charge < -0.3 is 20.4 Å². The summed E-state index contributed by atoms with van der Waals surface area (Å²) in [6, 6.07) is 7.56. The second-order valence-corrected chi connectivity index (χ2v) is 6.15. The molecule has 0 amide bonds. The number of ether oxygens (including phenoxy) is 1. The molecule has 1 aliphatic heterocycles. The van der Waals surface area contributed by atoms with Gasteiger partial charge in [-0.3, -0.25) is 0 Å². The van der Waals surface area contributed by atoms with Crippen LogP contribution in [0.15, 0.2) is 30.6 Å². The Morgan fingerprint density at radius 3 is 2.79 bits per heavy atom. The van der Waals surface area contributed by atoms with Crippen molar-refractivity contribution in [1.29, 1.82) is 0 Å². The number of nitrogens with two attached hydrogens (primary N) is 1. The number of nitrogens with one attached hydrogen (secondary N) is 1. The molecule has 0 saturated carbocycles. The first-order valence-corrected chi connectivity index (χ1v) is 8.21. The van der Waals surface area contributed by atoms with Crippen molar-refractivity contribution in [3.63, 3.8) is 0 Å². The van der Waals surface area contributed by atoms with Gasteiger partial charge in [0.15, 0.2) is 11.5 Å². The van der Waals surface area contributed by atoms with E-state index in [9.17, 15) is 0 Å². The van der Waals surface area contributed by atoms with Crippen LogP contribution in [0.25, 0.3) is 11.2 Å². The van der Waals surface area contributed by atoms with Gasteiger partial charge in [0.25, 0.3) is 0 Å². The Bertz CT molecular complexity index is 859. The number of H-pyrrole nitrogens is 1. The van der Waals surface area contributed by atoms with E-state index in [1.807, 2.05) is 24.3 Å². The average molecular weight is 345 g/mol. The molecule has 3 heterocycles. The number of imidazole rings is 1. The number of benzene rings is 1. The van der Waals surface area contributed by atoms with E-state index < -0.39 is 0 Å². The summed E-state index contributed by atoms with van der Waals surface area (Å²) in [7, 11) is 0. The molecule has 0 spiro atoms. The summed E-state index contributed by atoms with van der Waals surface area (Å²) < 4.78 is 6.03. The standard InChI is InChI=1S/C16H17ClN6O/c17-11-3-1-2-4-12(11)24-10-5-7-23(8-6-10)15-13-14(20-9-19-13)21-16(18)22-15/h1-4,9-10H,5-8H2,(H3,18,19,20,21,22). The molecule has 4 rings (SSSR count). The minimum Gasteiger partial charge on any atom is -0.489 e. The molecule has 0 unspecified atom stereocenters. The molecule has 0 aliphatic carbocycles. The Morgan fingerprint density at radius 2 is 2.00 bits per heavy atom. The third-order valence-corrected chi connectivity index (χ3v) is 4.47. The maximum atomic E-state index is 6.16. The quantitative estimate of drug-likeness (QED) is 0.758. The van der Waals surface area contributed by atoms with Gasteiger partial charge in [-0.2, -0.15) is 9.97 Å². The number of hydrogen-bond acceptors (Lipinski definition) is 6. The average Bonchev–Trinajstić information content (AvgIpc) is 3.05. The van der Waals surface area contributed by atoms with Gasteiger partial charge in [0.05, 0.1) is 11.3 Å². The summed E-state index contributed by atoms with van der Waals surface area (Å²) in [4.78, 5) is 17.9. The second kappa shape index (κ2) is 6.16. The highest BCUT2D eigenvalue weighted by molar-refractivity contribution is 6.32. The van der Waals surface area contributed by atoms with Gasteiger partial charge in [-0.1, -0.05) is 23.7 Å². The normalized spacial score (nSPS) is 15.8. The van der Waals surface area contributed by atoms with Crippen molar-refractivity contribution >= 4 is 34.5 Å². The first kappa shape index (κ1) is 15.0. The number of aromatic amines is 1. The van der Waals surface area contributed by atoms with Crippen LogP contribution < -0.4 is 15.4 Å². The molecule has 3 N–H and O–H groups in total. The van der Waals surface area contributed by atoms with E-state index in [2.05, 4.69) is 24.8 Å². The molecule has 0 atom stereocenters. The molecule has 0 radical (unpaired) electrons. The van der Waals surface area contributed by atoms with Crippen molar-refractivity contribution in [1.82, 2.24) is 19.9 Å². The number of aromatic nitrogens is 4. The third kappa shape index (κ3) is 2.82. The van der Waals surface area contributed by atoms with Crippen molar-refractivity contribution in [2.75, 3.05) is 23.7 Å². The fourth-order valence-corrected chi connectivity index (χ4v) is 3.15. The van der Waals surface area contributed by atoms with Crippen LogP contribution in [0.4, 0.5) is 11.8 Å². The molecule has 1 aliphatic rings. The van der Waals surface area contributed by atoms with Crippen LogP contribution in [0.2, 0.25) is 5.02 Å². The van der Waals surface area contributed by atoms with E-state index >= 15 is 0 Å². The highest BCUT2D eigenvalue weighted by Gasteiger charge is 2.24. The minimum absolute atomic E-state index is 0.137. The van der Waals surface area contributed by atoms with Crippen LogP contribution in [0.5, 0.6) is 5.75 Å². The lowest BCUT2D eigenvalue weighted by Crippen LogP contribution is -2.39. The van der Waals surface area contributed by atoms with Crippen LogP contribution >= 0.6 is 11.6 Å². The Labute approximate surface area is 143 Å². The lowest BCUT2D eigenvalue weighted by atomic mass is 10.1. The molecule has 2 aromatic heterocycles. The summed E-state index contributed by atoms with van der Waals surface area (Å²) in [5.74, 6) is 1.77.